The molecule has 5 rings (SSSR count). The van der Waals surface area contributed by atoms with Crippen molar-refractivity contribution >= 4 is 22.5 Å². The molecule has 1 N–H and O–H groups in total. The normalized spacial score (nSPS) is 18.1. The van der Waals surface area contributed by atoms with Crippen LogP contribution < -0.4 is 5.32 Å². The van der Waals surface area contributed by atoms with Crippen molar-refractivity contribution in [3.05, 3.63) is 54.4 Å². The standard InChI is InChI=1S/C25H31N5O/c1-28(2)25(31)19-6-8-23-18(16-19)10-15-30(23)24-9-7-21(17-26-24)27-20-11-13-29(14-12-20)22-4-3-5-22/h6-10,15-17,20,22,27H,3-5,11-14H2,1-2H3. The number of piperidine rings is 1. The lowest BCUT2D eigenvalue weighted by Crippen LogP contribution is -2.47. The maximum atomic E-state index is 12.2. The molecule has 2 aromatic heterocycles. The summed E-state index contributed by atoms with van der Waals surface area (Å²) in [6.07, 6.45) is 10.6. The summed E-state index contributed by atoms with van der Waals surface area (Å²) < 4.78 is 2.07. The molecule has 1 amide bonds. The second kappa shape index (κ2) is 8.35. The van der Waals surface area contributed by atoms with Gasteiger partial charge in [0.05, 0.1) is 17.4 Å². The highest BCUT2D eigenvalue weighted by Crippen LogP contribution is 2.28. The monoisotopic (exact) mass is 417 g/mol. The molecule has 1 aliphatic heterocycles. The van der Waals surface area contributed by atoms with Crippen molar-refractivity contribution in [3.8, 4) is 5.82 Å². The fourth-order valence-electron chi connectivity index (χ4n) is 4.74. The first-order chi connectivity index (χ1) is 15.1. The van der Waals surface area contributed by atoms with Gasteiger partial charge in [0.15, 0.2) is 0 Å². The molecule has 0 radical (unpaired) electrons. The number of likely N-dealkylation sites (tertiary alicyclic amines) is 1. The lowest BCUT2D eigenvalue weighted by molar-refractivity contribution is 0.0828. The zero-order chi connectivity index (χ0) is 21.4. The molecule has 6 nitrogen and oxygen atoms in total. The predicted molar refractivity (Wildman–Crippen MR) is 125 cm³/mol. The topological polar surface area (TPSA) is 53.4 Å². The van der Waals surface area contributed by atoms with E-state index in [1.807, 2.05) is 36.7 Å². The van der Waals surface area contributed by atoms with Gasteiger partial charge in [-0.1, -0.05) is 6.42 Å². The van der Waals surface area contributed by atoms with Crippen molar-refractivity contribution in [2.75, 3.05) is 32.5 Å². The molecule has 1 aliphatic carbocycles. The Labute approximate surface area is 183 Å². The van der Waals surface area contributed by atoms with Gasteiger partial charge in [0.25, 0.3) is 5.91 Å². The average Bonchev–Trinajstić information content (AvgIpc) is 3.17. The molecular weight excluding hydrogens is 386 g/mol. The van der Waals surface area contributed by atoms with Crippen molar-refractivity contribution in [3.63, 3.8) is 0 Å². The Morgan fingerprint density at radius 1 is 1.06 bits per heavy atom. The summed E-state index contributed by atoms with van der Waals surface area (Å²) in [6, 6.07) is 13.4. The Kier molecular flexibility index (Phi) is 5.40. The Morgan fingerprint density at radius 2 is 1.87 bits per heavy atom. The molecule has 0 atom stereocenters. The quantitative estimate of drug-likeness (QED) is 0.677. The van der Waals surface area contributed by atoms with E-state index in [9.17, 15) is 4.79 Å². The van der Waals surface area contributed by atoms with E-state index in [4.69, 9.17) is 4.98 Å². The molecular formula is C25H31N5O. The molecule has 31 heavy (non-hydrogen) atoms. The van der Waals surface area contributed by atoms with Crippen molar-refractivity contribution in [2.45, 2.75) is 44.2 Å². The summed E-state index contributed by atoms with van der Waals surface area (Å²) >= 11 is 0. The number of hydrogen-bond donors (Lipinski definition) is 1. The van der Waals surface area contributed by atoms with Crippen LogP contribution in [-0.2, 0) is 0 Å². The second-order valence-electron chi connectivity index (χ2n) is 9.10. The number of carbonyl (C=O) groups excluding carboxylic acids is 1. The van der Waals surface area contributed by atoms with E-state index in [0.29, 0.717) is 11.6 Å². The smallest absolute Gasteiger partial charge is 0.253 e. The van der Waals surface area contributed by atoms with E-state index >= 15 is 0 Å². The Bertz CT molecular complexity index is 1060. The van der Waals surface area contributed by atoms with Crippen molar-refractivity contribution in [1.82, 2.24) is 19.4 Å². The predicted octanol–water partition coefficient (Wildman–Crippen LogP) is 4.16. The molecule has 1 saturated carbocycles. The van der Waals surface area contributed by atoms with E-state index in [1.54, 1.807) is 19.0 Å². The number of fused-ring (bicyclic) bond motifs is 1. The van der Waals surface area contributed by atoms with E-state index in [-0.39, 0.29) is 5.91 Å². The van der Waals surface area contributed by atoms with E-state index in [2.05, 4.69) is 26.9 Å². The summed E-state index contributed by atoms with van der Waals surface area (Å²) in [7, 11) is 3.55. The minimum atomic E-state index is 0.0155. The minimum absolute atomic E-state index is 0.0155. The highest BCUT2D eigenvalue weighted by molar-refractivity contribution is 5.98. The van der Waals surface area contributed by atoms with Crippen LogP contribution in [0.3, 0.4) is 0 Å². The largest absolute Gasteiger partial charge is 0.381 e. The highest BCUT2D eigenvalue weighted by atomic mass is 16.2. The van der Waals surface area contributed by atoms with Gasteiger partial charge in [-0.15, -0.1) is 0 Å². The number of carbonyl (C=O) groups is 1. The van der Waals surface area contributed by atoms with Crippen LogP contribution in [0.1, 0.15) is 42.5 Å². The van der Waals surface area contributed by atoms with Gasteiger partial charge in [-0.05, 0) is 62.1 Å². The second-order valence-corrected chi connectivity index (χ2v) is 9.10. The van der Waals surface area contributed by atoms with Gasteiger partial charge in [-0.3, -0.25) is 4.79 Å². The highest BCUT2D eigenvalue weighted by Gasteiger charge is 2.28. The number of benzene rings is 1. The summed E-state index contributed by atoms with van der Waals surface area (Å²) in [5.74, 6) is 0.897. The number of hydrogen-bond acceptors (Lipinski definition) is 4. The van der Waals surface area contributed by atoms with Gasteiger partial charge in [0.2, 0.25) is 0 Å². The molecule has 3 aromatic rings. The van der Waals surface area contributed by atoms with E-state index in [0.717, 1.165) is 28.5 Å². The number of rotatable bonds is 5. The Morgan fingerprint density at radius 3 is 2.52 bits per heavy atom. The third-order valence-corrected chi connectivity index (χ3v) is 6.83. The lowest BCUT2D eigenvalue weighted by atomic mass is 9.89. The van der Waals surface area contributed by atoms with E-state index in [1.165, 1.54) is 45.2 Å². The molecule has 0 spiro atoms. The third-order valence-electron chi connectivity index (χ3n) is 6.83. The van der Waals surface area contributed by atoms with Crippen LogP contribution >= 0.6 is 0 Å². The first-order valence-electron chi connectivity index (χ1n) is 11.4. The number of amides is 1. The van der Waals surface area contributed by atoms with Gasteiger partial charge in [-0.25, -0.2) is 4.98 Å². The number of pyridine rings is 1. The molecule has 1 saturated heterocycles. The van der Waals surface area contributed by atoms with Crippen LogP contribution in [0.4, 0.5) is 5.69 Å². The minimum Gasteiger partial charge on any atom is -0.381 e. The van der Waals surface area contributed by atoms with Gasteiger partial charge in [0.1, 0.15) is 5.82 Å². The first-order valence-corrected chi connectivity index (χ1v) is 11.4. The zero-order valence-corrected chi connectivity index (χ0v) is 18.4. The van der Waals surface area contributed by atoms with Crippen molar-refractivity contribution in [1.29, 1.82) is 0 Å². The first kappa shape index (κ1) is 20.1. The fraction of sp³-hybridized carbons (Fsp3) is 0.440. The SMILES string of the molecule is CN(C)C(=O)c1ccc2c(ccn2-c2ccc(NC3CCN(C4CCC4)CC3)cn2)c1. The molecule has 2 fully saturated rings. The van der Waals surface area contributed by atoms with Crippen LogP contribution in [0, 0.1) is 0 Å². The van der Waals surface area contributed by atoms with Gasteiger partial charge >= 0.3 is 0 Å². The molecule has 3 heterocycles. The van der Waals surface area contributed by atoms with Gasteiger partial charge in [-0.2, -0.15) is 0 Å². The lowest BCUT2D eigenvalue weighted by Gasteiger charge is -2.42. The summed E-state index contributed by atoms with van der Waals surface area (Å²) in [4.78, 5) is 21.2. The van der Waals surface area contributed by atoms with Crippen molar-refractivity contribution < 1.29 is 4.79 Å². The molecule has 2 aliphatic rings. The Hall–Kier alpha value is -2.86. The maximum Gasteiger partial charge on any atom is 0.253 e. The molecule has 162 valence electrons. The number of anilines is 1. The zero-order valence-electron chi connectivity index (χ0n) is 18.4. The van der Waals surface area contributed by atoms with Crippen molar-refractivity contribution in [2.24, 2.45) is 0 Å². The van der Waals surface area contributed by atoms with E-state index < -0.39 is 0 Å². The fourth-order valence-corrected chi connectivity index (χ4v) is 4.74. The van der Waals surface area contributed by atoms with Crippen LogP contribution in [0.2, 0.25) is 0 Å². The summed E-state index contributed by atoms with van der Waals surface area (Å²) in [5.41, 5.74) is 2.83. The number of aromatic nitrogens is 2. The number of nitrogens with zero attached hydrogens (tertiary/aromatic N) is 4. The number of nitrogens with one attached hydrogen (secondary N) is 1. The molecule has 6 heteroatoms. The Balaban J connectivity index is 1.25. The van der Waals surface area contributed by atoms with Gasteiger partial charge < -0.3 is 19.7 Å². The average molecular weight is 418 g/mol. The maximum absolute atomic E-state index is 12.2. The van der Waals surface area contributed by atoms with Crippen LogP contribution in [0.5, 0.6) is 0 Å². The third kappa shape index (κ3) is 4.04. The van der Waals surface area contributed by atoms with Crippen LogP contribution in [0.15, 0.2) is 48.8 Å². The molecule has 0 bridgehead atoms. The van der Waals surface area contributed by atoms with Crippen LogP contribution in [-0.4, -0.2) is 64.5 Å². The molecule has 1 aromatic carbocycles. The van der Waals surface area contributed by atoms with Crippen LogP contribution in [0.25, 0.3) is 16.7 Å². The molecule has 0 unspecified atom stereocenters. The van der Waals surface area contributed by atoms with Gasteiger partial charge in [0, 0.05) is 56.4 Å². The summed E-state index contributed by atoms with van der Waals surface area (Å²) in [5, 5.41) is 4.71. The summed E-state index contributed by atoms with van der Waals surface area (Å²) in [6.45, 7) is 2.42.